The second-order valence-corrected chi connectivity index (χ2v) is 4.33. The van der Waals surface area contributed by atoms with Crippen molar-refractivity contribution in [2.75, 3.05) is 17.7 Å². The molecule has 0 bridgehead atoms. The van der Waals surface area contributed by atoms with E-state index in [4.69, 9.17) is 10.8 Å². The summed E-state index contributed by atoms with van der Waals surface area (Å²) in [4.78, 5) is 12.0. The summed E-state index contributed by atoms with van der Waals surface area (Å²) in [6.07, 6.45) is 0.561. The lowest BCUT2D eigenvalue weighted by Crippen LogP contribution is -2.14. The van der Waals surface area contributed by atoms with Crippen molar-refractivity contribution in [2.45, 2.75) is 6.42 Å². The highest BCUT2D eigenvalue weighted by atomic mass is 19.1. The normalized spacial score (nSPS) is 10.3. The van der Waals surface area contributed by atoms with Crippen molar-refractivity contribution in [3.05, 3.63) is 59.4 Å². The molecule has 104 valence electrons. The number of para-hydroxylation sites is 1. The minimum absolute atomic E-state index is 0.0749. The van der Waals surface area contributed by atoms with Gasteiger partial charge in [-0.25, -0.2) is 4.39 Å². The number of amides is 1. The van der Waals surface area contributed by atoms with Gasteiger partial charge in [0, 0.05) is 12.3 Å². The zero-order chi connectivity index (χ0) is 14.5. The summed E-state index contributed by atoms with van der Waals surface area (Å²) in [6, 6.07) is 11.2. The van der Waals surface area contributed by atoms with E-state index in [0.717, 1.165) is 5.56 Å². The predicted molar refractivity (Wildman–Crippen MR) is 76.0 cm³/mol. The van der Waals surface area contributed by atoms with Crippen molar-refractivity contribution in [3.63, 3.8) is 0 Å². The van der Waals surface area contributed by atoms with Crippen LogP contribution in [0, 0.1) is 5.82 Å². The molecule has 5 heteroatoms. The molecule has 4 N–H and O–H groups in total. The number of aliphatic hydroxyl groups excluding tert-OH is 1. The number of hydrogen-bond acceptors (Lipinski definition) is 3. The van der Waals surface area contributed by atoms with Crippen LogP contribution in [0.5, 0.6) is 0 Å². The molecular formula is C15H15FN2O2. The van der Waals surface area contributed by atoms with Crippen molar-refractivity contribution in [1.82, 2.24) is 0 Å². The predicted octanol–water partition coefficient (Wildman–Crippen LogP) is 2.20. The average molecular weight is 274 g/mol. The number of nitrogens with two attached hydrogens (primary N) is 1. The molecule has 0 radical (unpaired) electrons. The summed E-state index contributed by atoms with van der Waals surface area (Å²) in [5.74, 6) is -1.08. The summed E-state index contributed by atoms with van der Waals surface area (Å²) in [5.41, 5.74) is 7.03. The first-order valence-corrected chi connectivity index (χ1v) is 6.17. The molecule has 2 aromatic rings. The maximum absolute atomic E-state index is 13.3. The number of carbonyl (C=O) groups is 1. The molecule has 0 heterocycles. The molecule has 2 aromatic carbocycles. The standard InChI is InChI=1S/C15H15FN2O2/c16-13-3-1-2-12(14(13)17)15(20)18-11-6-4-10(5-7-11)8-9-19/h1-7,19H,8-9,17H2,(H,18,20). The topological polar surface area (TPSA) is 75.4 Å². The largest absolute Gasteiger partial charge is 0.396 e. The lowest BCUT2D eigenvalue weighted by molar-refractivity contribution is 0.102. The molecule has 0 fully saturated rings. The van der Waals surface area contributed by atoms with Crippen LogP contribution in [0.15, 0.2) is 42.5 Å². The summed E-state index contributed by atoms with van der Waals surface area (Å²) in [5, 5.41) is 11.5. The second-order valence-electron chi connectivity index (χ2n) is 4.33. The van der Waals surface area contributed by atoms with E-state index in [1.54, 1.807) is 24.3 Å². The van der Waals surface area contributed by atoms with Crippen molar-refractivity contribution >= 4 is 17.3 Å². The van der Waals surface area contributed by atoms with Gasteiger partial charge in [-0.15, -0.1) is 0 Å². The molecule has 0 aromatic heterocycles. The van der Waals surface area contributed by atoms with E-state index >= 15 is 0 Å². The summed E-state index contributed by atoms with van der Waals surface area (Å²) >= 11 is 0. The van der Waals surface area contributed by atoms with Crippen LogP contribution in [0.3, 0.4) is 0 Å². The Morgan fingerprint density at radius 1 is 1.20 bits per heavy atom. The number of nitrogens with one attached hydrogen (secondary N) is 1. The molecule has 0 spiro atoms. The molecule has 0 unspecified atom stereocenters. The highest BCUT2D eigenvalue weighted by Gasteiger charge is 2.12. The van der Waals surface area contributed by atoms with Gasteiger partial charge in [-0.05, 0) is 36.2 Å². The van der Waals surface area contributed by atoms with Gasteiger partial charge in [-0.3, -0.25) is 4.79 Å². The van der Waals surface area contributed by atoms with E-state index in [2.05, 4.69) is 5.32 Å². The first kappa shape index (κ1) is 14.0. The van der Waals surface area contributed by atoms with Gasteiger partial charge in [0.05, 0.1) is 11.3 Å². The number of nitrogen functional groups attached to an aromatic ring is 1. The van der Waals surface area contributed by atoms with E-state index in [1.165, 1.54) is 18.2 Å². The van der Waals surface area contributed by atoms with Gasteiger partial charge >= 0.3 is 0 Å². The lowest BCUT2D eigenvalue weighted by Gasteiger charge is -2.08. The van der Waals surface area contributed by atoms with Crippen LogP contribution in [0.2, 0.25) is 0 Å². The molecule has 0 aliphatic heterocycles. The molecule has 0 saturated heterocycles. The Morgan fingerprint density at radius 3 is 2.55 bits per heavy atom. The highest BCUT2D eigenvalue weighted by Crippen LogP contribution is 2.18. The molecule has 0 atom stereocenters. The van der Waals surface area contributed by atoms with E-state index in [0.29, 0.717) is 12.1 Å². The van der Waals surface area contributed by atoms with Crippen LogP contribution in [0.1, 0.15) is 15.9 Å². The molecule has 0 aliphatic carbocycles. The fourth-order valence-electron chi connectivity index (χ4n) is 1.82. The van der Waals surface area contributed by atoms with Gasteiger partial charge in [-0.1, -0.05) is 18.2 Å². The molecule has 20 heavy (non-hydrogen) atoms. The lowest BCUT2D eigenvalue weighted by atomic mass is 10.1. The number of hydrogen-bond donors (Lipinski definition) is 3. The summed E-state index contributed by atoms with van der Waals surface area (Å²) in [6.45, 7) is 0.0749. The Bertz CT molecular complexity index is 612. The van der Waals surface area contributed by atoms with Crippen LogP contribution >= 0.6 is 0 Å². The van der Waals surface area contributed by atoms with Crippen LogP contribution in [-0.2, 0) is 6.42 Å². The zero-order valence-corrected chi connectivity index (χ0v) is 10.8. The first-order valence-electron chi connectivity index (χ1n) is 6.17. The van der Waals surface area contributed by atoms with Gasteiger partial charge < -0.3 is 16.2 Å². The first-order chi connectivity index (χ1) is 9.61. The highest BCUT2D eigenvalue weighted by molar-refractivity contribution is 6.07. The van der Waals surface area contributed by atoms with Gasteiger partial charge in [0.2, 0.25) is 0 Å². The maximum atomic E-state index is 13.3. The van der Waals surface area contributed by atoms with Crippen LogP contribution in [-0.4, -0.2) is 17.6 Å². The molecular weight excluding hydrogens is 259 g/mol. The van der Waals surface area contributed by atoms with E-state index in [9.17, 15) is 9.18 Å². The SMILES string of the molecule is Nc1c(F)cccc1C(=O)Nc1ccc(CCO)cc1. The summed E-state index contributed by atoms with van der Waals surface area (Å²) in [7, 11) is 0. The zero-order valence-electron chi connectivity index (χ0n) is 10.8. The van der Waals surface area contributed by atoms with E-state index in [1.807, 2.05) is 0 Å². The number of anilines is 2. The van der Waals surface area contributed by atoms with Gasteiger partial charge in [0.15, 0.2) is 0 Å². The number of benzene rings is 2. The van der Waals surface area contributed by atoms with E-state index < -0.39 is 11.7 Å². The third-order valence-electron chi connectivity index (χ3n) is 2.91. The van der Waals surface area contributed by atoms with Gasteiger partial charge in [0.25, 0.3) is 5.91 Å². The van der Waals surface area contributed by atoms with Crippen LogP contribution in [0.4, 0.5) is 15.8 Å². The molecule has 0 saturated carbocycles. The minimum Gasteiger partial charge on any atom is -0.396 e. The molecule has 2 rings (SSSR count). The monoisotopic (exact) mass is 274 g/mol. The Kier molecular flexibility index (Phi) is 4.32. The second kappa shape index (κ2) is 6.16. The Labute approximate surface area is 116 Å². The van der Waals surface area contributed by atoms with Crippen molar-refractivity contribution < 1.29 is 14.3 Å². The smallest absolute Gasteiger partial charge is 0.257 e. The van der Waals surface area contributed by atoms with Gasteiger partial charge in [0.1, 0.15) is 5.82 Å². The summed E-state index contributed by atoms with van der Waals surface area (Å²) < 4.78 is 13.3. The Hall–Kier alpha value is -2.40. The van der Waals surface area contributed by atoms with Crippen LogP contribution < -0.4 is 11.1 Å². The number of carbonyl (C=O) groups excluding carboxylic acids is 1. The maximum Gasteiger partial charge on any atom is 0.257 e. The Balaban J connectivity index is 2.13. The molecule has 1 amide bonds. The van der Waals surface area contributed by atoms with E-state index in [-0.39, 0.29) is 17.9 Å². The molecule has 0 aliphatic rings. The van der Waals surface area contributed by atoms with Crippen molar-refractivity contribution in [3.8, 4) is 0 Å². The van der Waals surface area contributed by atoms with Crippen molar-refractivity contribution in [2.24, 2.45) is 0 Å². The van der Waals surface area contributed by atoms with Crippen LogP contribution in [0.25, 0.3) is 0 Å². The number of rotatable bonds is 4. The number of halogens is 1. The fourth-order valence-corrected chi connectivity index (χ4v) is 1.82. The Morgan fingerprint density at radius 2 is 1.90 bits per heavy atom. The van der Waals surface area contributed by atoms with Crippen molar-refractivity contribution in [1.29, 1.82) is 0 Å². The third-order valence-corrected chi connectivity index (χ3v) is 2.91. The fraction of sp³-hybridized carbons (Fsp3) is 0.133. The minimum atomic E-state index is -0.615. The number of aliphatic hydroxyl groups is 1. The van der Waals surface area contributed by atoms with Gasteiger partial charge in [-0.2, -0.15) is 0 Å². The quantitative estimate of drug-likeness (QED) is 0.748. The average Bonchev–Trinajstić information content (AvgIpc) is 2.44. The third kappa shape index (κ3) is 3.13. The molecule has 4 nitrogen and oxygen atoms in total.